The Morgan fingerprint density at radius 3 is 3.05 bits per heavy atom. The first-order valence-electron chi connectivity index (χ1n) is 7.33. The van der Waals surface area contributed by atoms with Crippen molar-refractivity contribution in [2.24, 2.45) is 0 Å². The van der Waals surface area contributed by atoms with Gasteiger partial charge >= 0.3 is 0 Å². The predicted octanol–water partition coefficient (Wildman–Crippen LogP) is 0.358. The van der Waals surface area contributed by atoms with E-state index in [9.17, 15) is 0 Å². The highest BCUT2D eigenvalue weighted by Crippen LogP contribution is 2.12. The van der Waals surface area contributed by atoms with Crippen molar-refractivity contribution in [1.29, 1.82) is 0 Å². The van der Waals surface area contributed by atoms with Crippen LogP contribution in [-0.2, 0) is 19.5 Å². The Kier molecular flexibility index (Phi) is 3.36. The quantitative estimate of drug-likeness (QED) is 0.748. The summed E-state index contributed by atoms with van der Waals surface area (Å²) in [5.74, 6) is 1.86. The summed E-state index contributed by atoms with van der Waals surface area (Å²) in [5, 5.41) is 19.7. The second-order valence-electron chi connectivity index (χ2n) is 5.32. The molecule has 3 aromatic rings. The third-order valence-electron chi connectivity index (χ3n) is 3.89. The van der Waals surface area contributed by atoms with Crippen molar-refractivity contribution < 1.29 is 0 Å². The van der Waals surface area contributed by atoms with Gasteiger partial charge in [-0.3, -0.25) is 0 Å². The molecule has 0 amide bonds. The first-order valence-corrected chi connectivity index (χ1v) is 7.33. The maximum Gasteiger partial charge on any atom is 0.170 e. The Bertz CT molecular complexity index is 747. The van der Waals surface area contributed by atoms with Crippen LogP contribution in [0.2, 0.25) is 0 Å². The van der Waals surface area contributed by atoms with Crippen molar-refractivity contribution in [3.8, 4) is 5.69 Å². The van der Waals surface area contributed by atoms with Crippen LogP contribution in [0.25, 0.3) is 5.69 Å². The number of hydrogen-bond acceptors (Lipinski definition) is 6. The van der Waals surface area contributed by atoms with Crippen molar-refractivity contribution >= 4 is 0 Å². The molecular formula is C14H16N8. The molecule has 2 aromatic heterocycles. The Balaban J connectivity index is 1.44. The van der Waals surface area contributed by atoms with Crippen molar-refractivity contribution in [3.63, 3.8) is 0 Å². The first kappa shape index (κ1) is 13.1. The number of para-hydroxylation sites is 1. The zero-order valence-electron chi connectivity index (χ0n) is 12.0. The molecule has 1 N–H and O–H groups in total. The van der Waals surface area contributed by atoms with Gasteiger partial charge in [0.1, 0.15) is 12.2 Å². The van der Waals surface area contributed by atoms with Crippen molar-refractivity contribution in [1.82, 2.24) is 40.3 Å². The minimum absolute atomic E-state index is 0.357. The molecule has 22 heavy (non-hydrogen) atoms. The van der Waals surface area contributed by atoms with Crippen LogP contribution in [0.15, 0.2) is 36.7 Å². The fourth-order valence-electron chi connectivity index (χ4n) is 2.73. The lowest BCUT2D eigenvalue weighted by atomic mass is 10.1. The minimum atomic E-state index is 0.357. The molecule has 0 saturated heterocycles. The van der Waals surface area contributed by atoms with Crippen LogP contribution < -0.4 is 5.32 Å². The van der Waals surface area contributed by atoms with Gasteiger partial charge in [-0.05, 0) is 29.0 Å². The Hall–Kier alpha value is -2.61. The van der Waals surface area contributed by atoms with Gasteiger partial charge in [0.25, 0.3) is 0 Å². The summed E-state index contributed by atoms with van der Waals surface area (Å²) in [6.45, 7) is 1.46. The van der Waals surface area contributed by atoms with E-state index < -0.39 is 0 Å². The van der Waals surface area contributed by atoms with Gasteiger partial charge in [-0.15, -0.1) is 5.10 Å². The highest BCUT2D eigenvalue weighted by atomic mass is 15.5. The summed E-state index contributed by atoms with van der Waals surface area (Å²) < 4.78 is 3.72. The van der Waals surface area contributed by atoms with Crippen LogP contribution in [0.3, 0.4) is 0 Å². The van der Waals surface area contributed by atoms with E-state index in [-0.39, 0.29) is 0 Å². The van der Waals surface area contributed by atoms with Gasteiger partial charge < -0.3 is 5.32 Å². The van der Waals surface area contributed by atoms with E-state index in [0.717, 1.165) is 36.7 Å². The zero-order chi connectivity index (χ0) is 14.8. The summed E-state index contributed by atoms with van der Waals surface area (Å²) in [5.41, 5.74) is 0.964. The van der Waals surface area contributed by atoms with E-state index in [1.54, 1.807) is 11.0 Å². The largest absolute Gasteiger partial charge is 0.305 e. The molecule has 8 nitrogen and oxygen atoms in total. The normalized spacial score (nSPS) is 17.4. The van der Waals surface area contributed by atoms with E-state index in [2.05, 4.69) is 30.9 Å². The summed E-state index contributed by atoms with van der Waals surface area (Å²) >= 11 is 0. The van der Waals surface area contributed by atoms with Crippen LogP contribution in [-0.4, -0.2) is 41.0 Å². The number of nitrogens with zero attached hydrogens (tertiary/aromatic N) is 7. The zero-order valence-corrected chi connectivity index (χ0v) is 12.0. The van der Waals surface area contributed by atoms with E-state index in [1.165, 1.54) is 0 Å². The minimum Gasteiger partial charge on any atom is -0.305 e. The molecular weight excluding hydrogens is 280 g/mol. The topological polar surface area (TPSA) is 86.3 Å². The third kappa shape index (κ3) is 2.48. The molecule has 0 unspecified atom stereocenters. The first-order chi connectivity index (χ1) is 10.9. The number of rotatable bonds is 4. The highest BCUT2D eigenvalue weighted by molar-refractivity contribution is 5.30. The van der Waals surface area contributed by atoms with Crippen LogP contribution in [0.4, 0.5) is 0 Å². The van der Waals surface area contributed by atoms with E-state index in [1.807, 2.05) is 35.0 Å². The summed E-state index contributed by atoms with van der Waals surface area (Å²) in [4.78, 5) is 4.24. The molecule has 1 aromatic carbocycles. The molecule has 4 rings (SSSR count). The van der Waals surface area contributed by atoms with Crippen molar-refractivity contribution in [3.05, 3.63) is 48.3 Å². The van der Waals surface area contributed by atoms with E-state index >= 15 is 0 Å². The second-order valence-corrected chi connectivity index (χ2v) is 5.32. The molecule has 1 atom stereocenters. The number of hydrogen-bond donors (Lipinski definition) is 1. The van der Waals surface area contributed by atoms with Gasteiger partial charge in [-0.2, -0.15) is 9.78 Å². The van der Waals surface area contributed by atoms with E-state index in [4.69, 9.17) is 0 Å². The molecule has 0 spiro atoms. The molecule has 112 valence electrons. The average Bonchev–Trinajstić information content (AvgIpc) is 3.22. The van der Waals surface area contributed by atoms with E-state index in [0.29, 0.717) is 12.6 Å². The summed E-state index contributed by atoms with van der Waals surface area (Å²) in [6, 6.07) is 10.3. The van der Waals surface area contributed by atoms with Gasteiger partial charge in [-0.25, -0.2) is 9.67 Å². The van der Waals surface area contributed by atoms with Crippen molar-refractivity contribution in [2.45, 2.75) is 32.0 Å². The third-order valence-corrected chi connectivity index (χ3v) is 3.89. The molecule has 1 aliphatic heterocycles. The number of aryl methyl sites for hydroxylation is 1. The Labute approximate surface area is 127 Å². The number of aromatic nitrogens is 7. The standard InChI is InChI=1S/C14H16N8/c1-2-4-12(5-3-1)22-14(18-19-20-22)8-15-11-6-7-13-16-10-17-21(13)9-11/h1-5,10-11,15H,6-9H2/t11-/m0/s1. The smallest absolute Gasteiger partial charge is 0.170 e. The predicted molar refractivity (Wildman–Crippen MR) is 78.1 cm³/mol. The van der Waals surface area contributed by atoms with Gasteiger partial charge in [0.2, 0.25) is 0 Å². The van der Waals surface area contributed by atoms with Gasteiger partial charge in [0.15, 0.2) is 5.82 Å². The van der Waals surface area contributed by atoms with Crippen molar-refractivity contribution in [2.75, 3.05) is 0 Å². The van der Waals surface area contributed by atoms with Crippen LogP contribution in [0.1, 0.15) is 18.1 Å². The molecule has 0 saturated carbocycles. The van der Waals surface area contributed by atoms with Gasteiger partial charge in [-0.1, -0.05) is 18.2 Å². The molecule has 3 heterocycles. The summed E-state index contributed by atoms with van der Waals surface area (Å²) in [6.07, 6.45) is 3.61. The number of nitrogens with one attached hydrogen (secondary N) is 1. The Morgan fingerprint density at radius 2 is 2.14 bits per heavy atom. The fourth-order valence-corrected chi connectivity index (χ4v) is 2.73. The van der Waals surface area contributed by atoms with Crippen LogP contribution in [0.5, 0.6) is 0 Å². The highest BCUT2D eigenvalue weighted by Gasteiger charge is 2.20. The number of fused-ring (bicyclic) bond motifs is 1. The molecule has 1 aliphatic rings. The maximum absolute atomic E-state index is 4.24. The van der Waals surface area contributed by atoms with Gasteiger partial charge in [0.05, 0.1) is 18.8 Å². The fraction of sp³-hybridized carbons (Fsp3) is 0.357. The lowest BCUT2D eigenvalue weighted by Gasteiger charge is -2.23. The second kappa shape index (κ2) is 5.64. The lowest BCUT2D eigenvalue weighted by molar-refractivity contribution is 0.354. The maximum atomic E-state index is 4.24. The van der Waals surface area contributed by atoms with Gasteiger partial charge in [0, 0.05) is 12.5 Å². The molecule has 0 radical (unpaired) electrons. The van der Waals surface area contributed by atoms with Crippen LogP contribution in [0, 0.1) is 0 Å². The molecule has 0 bridgehead atoms. The average molecular weight is 296 g/mol. The van der Waals surface area contributed by atoms with Crippen LogP contribution >= 0.6 is 0 Å². The lowest BCUT2D eigenvalue weighted by Crippen LogP contribution is -2.38. The Morgan fingerprint density at radius 1 is 1.23 bits per heavy atom. The molecule has 0 aliphatic carbocycles. The summed E-state index contributed by atoms with van der Waals surface area (Å²) in [7, 11) is 0. The number of benzene rings is 1. The molecule has 8 heteroatoms. The monoisotopic (exact) mass is 296 g/mol. The molecule has 0 fully saturated rings. The number of tetrazole rings is 1. The SMILES string of the molecule is c1ccc(-n2nnnc2CN[C@H]2CCc3ncnn3C2)cc1.